The van der Waals surface area contributed by atoms with Gasteiger partial charge in [-0.3, -0.25) is 4.98 Å². The molecule has 0 radical (unpaired) electrons. The molecule has 21 heavy (non-hydrogen) atoms. The van der Waals surface area contributed by atoms with E-state index in [1.54, 1.807) is 49.6 Å². The number of pyridine rings is 1. The first kappa shape index (κ1) is 15.2. The van der Waals surface area contributed by atoms with E-state index in [1.807, 2.05) is 13.8 Å². The van der Waals surface area contributed by atoms with Gasteiger partial charge in [0.2, 0.25) is 0 Å². The van der Waals surface area contributed by atoms with Crippen LogP contribution in [0.2, 0.25) is 0 Å². The Morgan fingerprint density at radius 3 is 2.38 bits per heavy atom. The van der Waals surface area contributed by atoms with E-state index in [0.717, 1.165) is 16.7 Å². The Morgan fingerprint density at radius 1 is 1.10 bits per heavy atom. The molecule has 0 saturated carbocycles. The molecule has 0 fully saturated rings. The van der Waals surface area contributed by atoms with Crippen molar-refractivity contribution in [2.75, 3.05) is 0 Å². The number of hydrazone groups is 1. The quantitative estimate of drug-likeness (QED) is 0.696. The monoisotopic (exact) mass is 303 g/mol. The molecule has 0 atom stereocenters. The standard InChI is InChI=1S/C15H17N3O2S/c1-11-4-5-15(10-12(11)2)21(19,20)18-17-13(3)14-6-8-16-9-7-14/h4-10,18H,1-3H3/b17-13+. The van der Waals surface area contributed by atoms with Crippen LogP contribution in [-0.2, 0) is 10.0 Å². The maximum absolute atomic E-state index is 12.2. The highest BCUT2D eigenvalue weighted by Gasteiger charge is 2.13. The molecule has 2 rings (SSSR count). The highest BCUT2D eigenvalue weighted by molar-refractivity contribution is 7.89. The van der Waals surface area contributed by atoms with E-state index in [9.17, 15) is 8.42 Å². The molecule has 6 heteroatoms. The van der Waals surface area contributed by atoms with Crippen molar-refractivity contribution < 1.29 is 8.42 Å². The fraction of sp³-hybridized carbons (Fsp3) is 0.200. The molecule has 0 bridgehead atoms. The van der Waals surface area contributed by atoms with Crippen molar-refractivity contribution in [1.82, 2.24) is 9.82 Å². The zero-order chi connectivity index (χ0) is 15.5. The van der Waals surface area contributed by atoms with Gasteiger partial charge in [0.05, 0.1) is 10.6 Å². The van der Waals surface area contributed by atoms with E-state index in [2.05, 4.69) is 14.9 Å². The molecule has 110 valence electrons. The van der Waals surface area contributed by atoms with E-state index in [0.29, 0.717) is 5.71 Å². The normalized spacial score (nSPS) is 12.2. The number of sulfonamides is 1. The van der Waals surface area contributed by atoms with Gasteiger partial charge in [-0.1, -0.05) is 6.07 Å². The fourth-order valence-corrected chi connectivity index (χ4v) is 2.66. The van der Waals surface area contributed by atoms with Gasteiger partial charge in [-0.25, -0.2) is 0 Å². The third-order valence-corrected chi connectivity index (χ3v) is 4.43. The minimum atomic E-state index is -3.66. The summed E-state index contributed by atoms with van der Waals surface area (Å²) < 4.78 is 24.4. The number of hydrogen-bond acceptors (Lipinski definition) is 4. The maximum atomic E-state index is 12.2. The van der Waals surface area contributed by atoms with Gasteiger partial charge in [0, 0.05) is 18.0 Å². The predicted octanol–water partition coefficient (Wildman–Crippen LogP) is 2.40. The van der Waals surface area contributed by atoms with Crippen LogP contribution in [0.1, 0.15) is 23.6 Å². The number of hydrogen-bond donors (Lipinski definition) is 1. The summed E-state index contributed by atoms with van der Waals surface area (Å²) in [6.45, 7) is 5.54. The lowest BCUT2D eigenvalue weighted by Crippen LogP contribution is -2.20. The van der Waals surface area contributed by atoms with Crippen LogP contribution in [0, 0.1) is 13.8 Å². The maximum Gasteiger partial charge on any atom is 0.276 e. The van der Waals surface area contributed by atoms with Crippen molar-refractivity contribution in [3.05, 3.63) is 59.4 Å². The third kappa shape index (κ3) is 3.66. The molecule has 5 nitrogen and oxygen atoms in total. The lowest BCUT2D eigenvalue weighted by atomic mass is 10.1. The summed E-state index contributed by atoms with van der Waals surface area (Å²) >= 11 is 0. The minimum absolute atomic E-state index is 0.205. The molecule has 1 aromatic carbocycles. The molecule has 0 aliphatic rings. The summed E-state index contributed by atoms with van der Waals surface area (Å²) in [5.74, 6) is 0. The van der Waals surface area contributed by atoms with E-state index in [1.165, 1.54) is 0 Å². The number of aromatic nitrogens is 1. The van der Waals surface area contributed by atoms with Gasteiger partial charge >= 0.3 is 0 Å². The Kier molecular flexibility index (Phi) is 4.37. The topological polar surface area (TPSA) is 71.4 Å². The molecular formula is C15H17N3O2S. The first-order valence-electron chi connectivity index (χ1n) is 6.44. The van der Waals surface area contributed by atoms with Crippen LogP contribution in [0.25, 0.3) is 0 Å². The largest absolute Gasteiger partial charge is 0.276 e. The number of aryl methyl sites for hydroxylation is 2. The lowest BCUT2D eigenvalue weighted by molar-refractivity contribution is 0.584. The van der Waals surface area contributed by atoms with Crippen molar-refractivity contribution in [1.29, 1.82) is 0 Å². The predicted molar refractivity (Wildman–Crippen MR) is 82.7 cm³/mol. The molecule has 1 aromatic heterocycles. The second kappa shape index (κ2) is 6.05. The molecule has 1 N–H and O–H groups in total. The number of nitrogens with one attached hydrogen (secondary N) is 1. The molecular weight excluding hydrogens is 286 g/mol. The number of nitrogens with zero attached hydrogens (tertiary/aromatic N) is 2. The molecule has 1 heterocycles. The van der Waals surface area contributed by atoms with Crippen LogP contribution >= 0.6 is 0 Å². The smallest absolute Gasteiger partial charge is 0.265 e. The fourth-order valence-electron chi connectivity index (χ4n) is 1.72. The first-order valence-corrected chi connectivity index (χ1v) is 7.92. The summed E-state index contributed by atoms with van der Waals surface area (Å²) in [5, 5.41) is 3.95. The molecule has 0 aliphatic heterocycles. The zero-order valence-electron chi connectivity index (χ0n) is 12.2. The van der Waals surface area contributed by atoms with Gasteiger partial charge in [0.25, 0.3) is 10.0 Å². The van der Waals surface area contributed by atoms with Crippen molar-refractivity contribution in [2.24, 2.45) is 5.10 Å². The van der Waals surface area contributed by atoms with E-state index in [4.69, 9.17) is 0 Å². The van der Waals surface area contributed by atoms with Gasteiger partial charge in [0.1, 0.15) is 0 Å². The molecule has 0 spiro atoms. The van der Waals surface area contributed by atoms with Gasteiger partial charge in [-0.15, -0.1) is 0 Å². The first-order chi connectivity index (χ1) is 9.90. The van der Waals surface area contributed by atoms with Crippen LogP contribution in [0.4, 0.5) is 0 Å². The molecule has 0 unspecified atom stereocenters. The number of benzene rings is 1. The zero-order valence-corrected chi connectivity index (χ0v) is 13.0. The summed E-state index contributed by atoms with van der Waals surface area (Å²) in [7, 11) is -3.66. The van der Waals surface area contributed by atoms with Gasteiger partial charge in [0.15, 0.2) is 0 Å². The van der Waals surface area contributed by atoms with Crippen molar-refractivity contribution in [3.8, 4) is 0 Å². The van der Waals surface area contributed by atoms with Crippen LogP contribution in [0.15, 0.2) is 52.7 Å². The second-order valence-electron chi connectivity index (χ2n) is 4.77. The van der Waals surface area contributed by atoms with E-state index < -0.39 is 10.0 Å². The highest BCUT2D eigenvalue weighted by Crippen LogP contribution is 2.14. The van der Waals surface area contributed by atoms with E-state index >= 15 is 0 Å². The molecule has 0 saturated heterocycles. The van der Waals surface area contributed by atoms with Crippen LogP contribution in [-0.4, -0.2) is 19.1 Å². The van der Waals surface area contributed by atoms with E-state index in [-0.39, 0.29) is 4.90 Å². The average molecular weight is 303 g/mol. The molecule has 0 amide bonds. The van der Waals surface area contributed by atoms with Crippen molar-refractivity contribution >= 4 is 15.7 Å². The Balaban J connectivity index is 2.23. The van der Waals surface area contributed by atoms with Gasteiger partial charge in [-0.05, 0) is 56.2 Å². The number of rotatable bonds is 4. The van der Waals surface area contributed by atoms with Crippen LogP contribution < -0.4 is 4.83 Å². The summed E-state index contributed by atoms with van der Waals surface area (Å²) in [6.07, 6.45) is 3.26. The summed E-state index contributed by atoms with van der Waals surface area (Å²) in [5.41, 5.74) is 3.36. The van der Waals surface area contributed by atoms with Crippen molar-refractivity contribution in [3.63, 3.8) is 0 Å². The highest BCUT2D eigenvalue weighted by atomic mass is 32.2. The Morgan fingerprint density at radius 2 is 1.76 bits per heavy atom. The van der Waals surface area contributed by atoms with Gasteiger partial charge < -0.3 is 0 Å². The van der Waals surface area contributed by atoms with Gasteiger partial charge in [-0.2, -0.15) is 18.4 Å². The Bertz CT molecular complexity index is 769. The Labute approximate surface area is 124 Å². The molecule has 0 aliphatic carbocycles. The average Bonchev–Trinajstić information content (AvgIpc) is 2.48. The third-order valence-electron chi connectivity index (χ3n) is 3.22. The molecule has 2 aromatic rings. The minimum Gasteiger partial charge on any atom is -0.265 e. The summed E-state index contributed by atoms with van der Waals surface area (Å²) in [6, 6.07) is 8.52. The summed E-state index contributed by atoms with van der Waals surface area (Å²) in [4.78, 5) is 6.37. The SMILES string of the molecule is C/C(=N\NS(=O)(=O)c1ccc(C)c(C)c1)c1ccncc1. The van der Waals surface area contributed by atoms with Crippen LogP contribution in [0.5, 0.6) is 0 Å². The Hall–Kier alpha value is -2.21. The van der Waals surface area contributed by atoms with Crippen LogP contribution in [0.3, 0.4) is 0 Å². The lowest BCUT2D eigenvalue weighted by Gasteiger charge is -2.07. The van der Waals surface area contributed by atoms with Crippen molar-refractivity contribution in [2.45, 2.75) is 25.7 Å². The second-order valence-corrected chi connectivity index (χ2v) is 6.43.